The van der Waals surface area contributed by atoms with Crippen molar-refractivity contribution < 1.29 is 9.90 Å². The summed E-state index contributed by atoms with van der Waals surface area (Å²) in [6.07, 6.45) is 5.38. The molecule has 2 heterocycles. The molecule has 128 valence electrons. The first-order valence-electron chi connectivity index (χ1n) is 8.99. The highest BCUT2D eigenvalue weighted by Gasteiger charge is 2.26. The second-order valence-corrected chi connectivity index (χ2v) is 7.22. The van der Waals surface area contributed by atoms with Crippen molar-refractivity contribution in [2.75, 3.05) is 39.3 Å². The summed E-state index contributed by atoms with van der Waals surface area (Å²) in [6.45, 7) is 9.90. The van der Waals surface area contributed by atoms with Crippen LogP contribution >= 0.6 is 0 Å². The number of carbonyl (C=O) groups excluding carboxylic acids is 1. The van der Waals surface area contributed by atoms with Gasteiger partial charge in [-0.05, 0) is 58.0 Å². The second kappa shape index (κ2) is 8.73. The van der Waals surface area contributed by atoms with Crippen LogP contribution in [0.3, 0.4) is 0 Å². The minimum Gasteiger partial charge on any atom is -0.393 e. The first-order valence-corrected chi connectivity index (χ1v) is 8.99. The molecule has 2 N–H and O–H groups in total. The van der Waals surface area contributed by atoms with Crippen LogP contribution < -0.4 is 5.32 Å². The summed E-state index contributed by atoms with van der Waals surface area (Å²) < 4.78 is 0. The van der Waals surface area contributed by atoms with Gasteiger partial charge in [-0.15, -0.1) is 0 Å². The molecule has 2 aliphatic rings. The summed E-state index contributed by atoms with van der Waals surface area (Å²) in [7, 11) is 0. The molecular weight excluding hydrogens is 278 g/mol. The maximum atomic E-state index is 12.2. The second-order valence-electron chi connectivity index (χ2n) is 7.22. The lowest BCUT2D eigenvalue weighted by Gasteiger charge is -2.34. The number of nitrogens with one attached hydrogen (secondary N) is 1. The van der Waals surface area contributed by atoms with E-state index in [1.54, 1.807) is 0 Å². The third-order valence-corrected chi connectivity index (χ3v) is 5.10. The lowest BCUT2D eigenvalue weighted by Crippen LogP contribution is -2.47. The maximum absolute atomic E-state index is 12.2. The van der Waals surface area contributed by atoms with E-state index in [9.17, 15) is 9.90 Å². The van der Waals surface area contributed by atoms with Crippen molar-refractivity contribution in [1.29, 1.82) is 0 Å². The third-order valence-electron chi connectivity index (χ3n) is 5.10. The molecule has 0 spiro atoms. The topological polar surface area (TPSA) is 55.8 Å². The average molecular weight is 311 g/mol. The molecule has 0 saturated carbocycles. The van der Waals surface area contributed by atoms with Gasteiger partial charge in [0.1, 0.15) is 0 Å². The fourth-order valence-corrected chi connectivity index (χ4v) is 3.69. The number of aliphatic hydroxyl groups excluding tert-OH is 1. The highest BCUT2D eigenvalue weighted by Crippen LogP contribution is 2.19. The Bertz CT molecular complexity index is 349. The smallest absolute Gasteiger partial charge is 0.317 e. The summed E-state index contributed by atoms with van der Waals surface area (Å²) in [4.78, 5) is 16.6. The first kappa shape index (κ1) is 17.5. The highest BCUT2D eigenvalue weighted by atomic mass is 16.3. The number of hydrogen-bond acceptors (Lipinski definition) is 3. The van der Waals surface area contributed by atoms with E-state index in [1.165, 1.54) is 25.9 Å². The lowest BCUT2D eigenvalue weighted by atomic mass is 9.94. The monoisotopic (exact) mass is 311 g/mol. The summed E-state index contributed by atoms with van der Waals surface area (Å²) in [5.74, 6) is 1.04. The van der Waals surface area contributed by atoms with Gasteiger partial charge in [-0.1, -0.05) is 6.92 Å². The van der Waals surface area contributed by atoms with Crippen LogP contribution in [0.15, 0.2) is 0 Å². The Labute approximate surface area is 135 Å². The number of hydrogen-bond donors (Lipinski definition) is 2. The SMILES string of the molecule is CC1CCCN(CCCNC(=O)N2CCCC(C(C)O)C2)C1. The van der Waals surface area contributed by atoms with E-state index >= 15 is 0 Å². The number of urea groups is 1. The molecule has 2 rings (SSSR count). The molecule has 0 aromatic heterocycles. The molecule has 2 aliphatic heterocycles. The molecule has 2 amide bonds. The zero-order chi connectivity index (χ0) is 15.9. The van der Waals surface area contributed by atoms with Gasteiger partial charge in [0.15, 0.2) is 0 Å². The molecule has 2 fully saturated rings. The van der Waals surface area contributed by atoms with E-state index in [-0.39, 0.29) is 18.1 Å². The van der Waals surface area contributed by atoms with Gasteiger partial charge < -0.3 is 20.2 Å². The Morgan fingerprint density at radius 2 is 2.05 bits per heavy atom. The quantitative estimate of drug-likeness (QED) is 0.763. The molecule has 0 bridgehead atoms. The summed E-state index contributed by atoms with van der Waals surface area (Å²) in [5, 5.41) is 12.7. The van der Waals surface area contributed by atoms with E-state index in [0.717, 1.165) is 44.8 Å². The Hall–Kier alpha value is -0.810. The number of likely N-dealkylation sites (tertiary alicyclic amines) is 2. The van der Waals surface area contributed by atoms with Crippen LogP contribution in [0.5, 0.6) is 0 Å². The Kier molecular flexibility index (Phi) is 6.96. The zero-order valence-corrected chi connectivity index (χ0v) is 14.3. The zero-order valence-electron chi connectivity index (χ0n) is 14.3. The van der Waals surface area contributed by atoms with Gasteiger partial charge in [-0.3, -0.25) is 0 Å². The molecular formula is C17H33N3O2. The van der Waals surface area contributed by atoms with Gasteiger partial charge in [0, 0.05) is 32.1 Å². The minimum absolute atomic E-state index is 0.0392. The van der Waals surface area contributed by atoms with Crippen LogP contribution in [0.1, 0.15) is 46.0 Å². The molecule has 0 aromatic rings. The van der Waals surface area contributed by atoms with E-state index in [1.807, 2.05) is 11.8 Å². The van der Waals surface area contributed by atoms with Gasteiger partial charge in [-0.25, -0.2) is 4.79 Å². The van der Waals surface area contributed by atoms with E-state index < -0.39 is 0 Å². The number of rotatable bonds is 5. The Balaban J connectivity index is 1.61. The molecule has 3 unspecified atom stereocenters. The first-order chi connectivity index (χ1) is 10.6. The van der Waals surface area contributed by atoms with Crippen molar-refractivity contribution in [3.8, 4) is 0 Å². The van der Waals surface area contributed by atoms with Gasteiger partial charge in [0.25, 0.3) is 0 Å². The molecule has 0 aromatic carbocycles. The fourth-order valence-electron chi connectivity index (χ4n) is 3.69. The lowest BCUT2D eigenvalue weighted by molar-refractivity contribution is 0.0738. The number of piperidine rings is 2. The summed E-state index contributed by atoms with van der Waals surface area (Å²) >= 11 is 0. The van der Waals surface area contributed by atoms with Crippen LogP contribution in [0, 0.1) is 11.8 Å². The van der Waals surface area contributed by atoms with E-state index in [2.05, 4.69) is 17.1 Å². The van der Waals surface area contributed by atoms with Crippen LogP contribution in [0.2, 0.25) is 0 Å². The molecule has 0 radical (unpaired) electrons. The van der Waals surface area contributed by atoms with Crippen molar-refractivity contribution in [3.05, 3.63) is 0 Å². The number of carbonyl (C=O) groups is 1. The van der Waals surface area contributed by atoms with Crippen molar-refractivity contribution in [2.45, 2.75) is 52.1 Å². The van der Waals surface area contributed by atoms with Crippen LogP contribution in [-0.2, 0) is 0 Å². The molecule has 5 nitrogen and oxygen atoms in total. The summed E-state index contributed by atoms with van der Waals surface area (Å²) in [6, 6.07) is 0.0392. The van der Waals surface area contributed by atoms with Crippen molar-refractivity contribution in [2.24, 2.45) is 11.8 Å². The molecule has 2 saturated heterocycles. The largest absolute Gasteiger partial charge is 0.393 e. The molecule has 5 heteroatoms. The summed E-state index contributed by atoms with van der Waals surface area (Å²) in [5.41, 5.74) is 0. The number of amides is 2. The van der Waals surface area contributed by atoms with Gasteiger partial charge >= 0.3 is 6.03 Å². The standard InChI is InChI=1S/C17H33N3O2/c1-14-6-3-9-19(12-14)10-5-8-18-17(22)20-11-4-7-16(13-20)15(2)21/h14-16,21H,3-13H2,1-2H3,(H,18,22). The van der Waals surface area contributed by atoms with Gasteiger partial charge in [-0.2, -0.15) is 0 Å². The highest BCUT2D eigenvalue weighted by molar-refractivity contribution is 5.74. The van der Waals surface area contributed by atoms with Crippen LogP contribution in [-0.4, -0.2) is 66.3 Å². The minimum atomic E-state index is -0.323. The van der Waals surface area contributed by atoms with Gasteiger partial charge in [0.2, 0.25) is 0 Å². The van der Waals surface area contributed by atoms with E-state index in [0.29, 0.717) is 6.54 Å². The van der Waals surface area contributed by atoms with Crippen LogP contribution in [0.4, 0.5) is 4.79 Å². The van der Waals surface area contributed by atoms with Gasteiger partial charge in [0.05, 0.1) is 6.10 Å². The Morgan fingerprint density at radius 3 is 2.77 bits per heavy atom. The average Bonchev–Trinajstić information content (AvgIpc) is 2.51. The van der Waals surface area contributed by atoms with Crippen molar-refractivity contribution >= 4 is 6.03 Å². The third kappa shape index (κ3) is 5.43. The normalized spacial score (nSPS) is 28.4. The number of nitrogens with zero attached hydrogens (tertiary/aromatic N) is 2. The Morgan fingerprint density at radius 1 is 1.27 bits per heavy atom. The van der Waals surface area contributed by atoms with Crippen molar-refractivity contribution in [3.63, 3.8) is 0 Å². The number of aliphatic hydroxyl groups is 1. The van der Waals surface area contributed by atoms with Crippen LogP contribution in [0.25, 0.3) is 0 Å². The van der Waals surface area contributed by atoms with Crippen molar-refractivity contribution in [1.82, 2.24) is 15.1 Å². The predicted octanol–water partition coefficient (Wildman–Crippen LogP) is 1.91. The van der Waals surface area contributed by atoms with E-state index in [4.69, 9.17) is 0 Å². The molecule has 3 atom stereocenters. The molecule has 22 heavy (non-hydrogen) atoms. The predicted molar refractivity (Wildman–Crippen MR) is 88.8 cm³/mol. The fraction of sp³-hybridized carbons (Fsp3) is 0.941. The maximum Gasteiger partial charge on any atom is 0.317 e. The molecule has 0 aliphatic carbocycles.